The van der Waals surface area contributed by atoms with Gasteiger partial charge in [0.25, 0.3) is 0 Å². The number of H-pyrrole nitrogens is 1. The van der Waals surface area contributed by atoms with Gasteiger partial charge < -0.3 is 9.72 Å². The molecule has 1 atom stereocenters. The number of aromatic amines is 1. The third-order valence-corrected chi connectivity index (χ3v) is 3.90. The zero-order valence-electron chi connectivity index (χ0n) is 10.1. The van der Waals surface area contributed by atoms with Crippen molar-refractivity contribution < 1.29 is 4.74 Å². The minimum atomic E-state index is -0.144. The molecule has 1 unspecified atom stereocenters. The number of rotatable bonds is 2. The number of aromatic nitrogens is 3. The van der Waals surface area contributed by atoms with E-state index in [-0.39, 0.29) is 5.60 Å². The maximum atomic E-state index is 5.93. The van der Waals surface area contributed by atoms with Crippen molar-refractivity contribution in [3.63, 3.8) is 0 Å². The Bertz CT molecular complexity index is 642. The molecule has 1 saturated heterocycles. The van der Waals surface area contributed by atoms with E-state index in [0.717, 1.165) is 37.2 Å². The molecule has 2 aromatic rings. The second-order valence-electron chi connectivity index (χ2n) is 4.94. The van der Waals surface area contributed by atoms with E-state index in [9.17, 15) is 0 Å². The highest BCUT2D eigenvalue weighted by atomic mass is 35.5. The summed E-state index contributed by atoms with van der Waals surface area (Å²) >= 11 is 11.3. The summed E-state index contributed by atoms with van der Waals surface area (Å²) in [4.78, 5) is 7.49. The summed E-state index contributed by atoms with van der Waals surface area (Å²) in [5, 5.41) is 0.606. The summed E-state index contributed by atoms with van der Waals surface area (Å²) < 4.78 is 8.46. The zero-order chi connectivity index (χ0) is 12.8. The topological polar surface area (TPSA) is 42.8 Å². The number of hydrogen-bond donors (Lipinski definition) is 1. The highest BCUT2D eigenvalue weighted by molar-refractivity contribution is 7.71. The Labute approximate surface area is 115 Å². The van der Waals surface area contributed by atoms with Gasteiger partial charge in [-0.1, -0.05) is 11.6 Å². The van der Waals surface area contributed by atoms with Crippen molar-refractivity contribution >= 4 is 35.0 Å². The van der Waals surface area contributed by atoms with Crippen LogP contribution in [0.5, 0.6) is 0 Å². The molecular formula is C12H14ClN3OS. The van der Waals surface area contributed by atoms with Crippen LogP contribution in [0.15, 0.2) is 12.3 Å². The molecule has 1 fully saturated rings. The average Bonchev–Trinajstić information content (AvgIpc) is 2.85. The molecule has 0 amide bonds. The number of hydrogen-bond acceptors (Lipinski definition) is 3. The lowest BCUT2D eigenvalue weighted by Crippen LogP contribution is -2.29. The van der Waals surface area contributed by atoms with Gasteiger partial charge in [-0.3, -0.25) is 4.57 Å². The van der Waals surface area contributed by atoms with Gasteiger partial charge in [0.15, 0.2) is 10.4 Å². The second-order valence-corrected chi connectivity index (χ2v) is 5.77. The normalized spacial score (nSPS) is 23.9. The summed E-state index contributed by atoms with van der Waals surface area (Å²) in [7, 11) is 0. The predicted octanol–water partition coefficient (Wildman–Crippen LogP) is 3.32. The molecule has 96 valence electrons. The Morgan fingerprint density at radius 2 is 2.50 bits per heavy atom. The standard InChI is InChI=1S/C12H14ClN3OS/c1-12(3-2-4-17-12)7-16-10-9(15-11(16)18)5-8(13)6-14-10/h5-6H,2-4,7H2,1H3,(H,15,18). The fourth-order valence-electron chi connectivity index (χ4n) is 2.46. The van der Waals surface area contributed by atoms with Crippen LogP contribution in [-0.4, -0.2) is 26.7 Å². The second kappa shape index (κ2) is 4.33. The summed E-state index contributed by atoms with van der Waals surface area (Å²) in [5.41, 5.74) is 1.56. The van der Waals surface area contributed by atoms with Gasteiger partial charge in [0.05, 0.1) is 22.7 Å². The fraction of sp³-hybridized carbons (Fsp3) is 0.500. The van der Waals surface area contributed by atoms with Crippen molar-refractivity contribution in [2.45, 2.75) is 31.9 Å². The molecule has 1 aliphatic rings. The third-order valence-electron chi connectivity index (χ3n) is 3.37. The van der Waals surface area contributed by atoms with Crippen LogP contribution in [-0.2, 0) is 11.3 Å². The van der Waals surface area contributed by atoms with Crippen molar-refractivity contribution in [3.8, 4) is 0 Å². The lowest BCUT2D eigenvalue weighted by molar-refractivity contribution is 0.00668. The summed E-state index contributed by atoms with van der Waals surface area (Å²) in [6.45, 7) is 3.67. The van der Waals surface area contributed by atoms with Crippen LogP contribution in [0.2, 0.25) is 5.02 Å². The van der Waals surface area contributed by atoms with Crippen molar-refractivity contribution in [2.75, 3.05) is 6.61 Å². The molecule has 18 heavy (non-hydrogen) atoms. The Kier molecular flexibility index (Phi) is 2.92. The van der Waals surface area contributed by atoms with E-state index in [2.05, 4.69) is 16.9 Å². The molecular weight excluding hydrogens is 270 g/mol. The van der Waals surface area contributed by atoms with Crippen LogP contribution < -0.4 is 0 Å². The fourth-order valence-corrected chi connectivity index (χ4v) is 2.88. The van der Waals surface area contributed by atoms with Gasteiger partial charge in [0.1, 0.15) is 0 Å². The van der Waals surface area contributed by atoms with E-state index in [4.69, 9.17) is 28.6 Å². The Morgan fingerprint density at radius 1 is 1.67 bits per heavy atom. The van der Waals surface area contributed by atoms with Gasteiger partial charge in [-0.25, -0.2) is 4.98 Å². The van der Waals surface area contributed by atoms with Crippen LogP contribution >= 0.6 is 23.8 Å². The first-order valence-corrected chi connectivity index (χ1v) is 6.74. The highest BCUT2D eigenvalue weighted by Gasteiger charge is 2.31. The Balaban J connectivity index is 2.06. The number of halogens is 1. The third kappa shape index (κ3) is 2.06. The van der Waals surface area contributed by atoms with Crippen molar-refractivity contribution in [3.05, 3.63) is 22.1 Å². The lowest BCUT2D eigenvalue weighted by Gasteiger charge is -2.23. The van der Waals surface area contributed by atoms with Crippen LogP contribution in [0.1, 0.15) is 19.8 Å². The maximum absolute atomic E-state index is 5.93. The molecule has 6 heteroatoms. The molecule has 0 radical (unpaired) electrons. The van der Waals surface area contributed by atoms with Crippen LogP contribution in [0.25, 0.3) is 11.2 Å². The first-order valence-electron chi connectivity index (χ1n) is 5.95. The molecule has 2 aromatic heterocycles. The molecule has 0 aliphatic carbocycles. The van der Waals surface area contributed by atoms with Crippen LogP contribution in [0, 0.1) is 4.77 Å². The molecule has 0 aromatic carbocycles. The Morgan fingerprint density at radius 3 is 3.22 bits per heavy atom. The Hall–Kier alpha value is -0.910. The number of pyridine rings is 1. The summed E-state index contributed by atoms with van der Waals surface area (Å²) in [6.07, 6.45) is 3.79. The number of imidazole rings is 1. The lowest BCUT2D eigenvalue weighted by atomic mass is 10.0. The molecule has 3 rings (SSSR count). The SMILES string of the molecule is CC1(Cn2c(=S)[nH]c3cc(Cl)cnc32)CCCO1. The molecule has 0 saturated carbocycles. The van der Waals surface area contributed by atoms with Crippen molar-refractivity contribution in [2.24, 2.45) is 0 Å². The van der Waals surface area contributed by atoms with Crippen LogP contribution in [0.3, 0.4) is 0 Å². The van der Waals surface area contributed by atoms with E-state index in [1.54, 1.807) is 6.20 Å². The van der Waals surface area contributed by atoms with Gasteiger partial charge in [-0.2, -0.15) is 0 Å². The predicted molar refractivity (Wildman–Crippen MR) is 73.5 cm³/mol. The molecule has 1 N–H and O–H groups in total. The van der Waals surface area contributed by atoms with Crippen LogP contribution in [0.4, 0.5) is 0 Å². The zero-order valence-corrected chi connectivity index (χ0v) is 11.6. The van der Waals surface area contributed by atoms with Gasteiger partial charge in [-0.15, -0.1) is 0 Å². The maximum Gasteiger partial charge on any atom is 0.179 e. The molecule has 1 aliphatic heterocycles. The van der Waals surface area contributed by atoms with Gasteiger partial charge in [0.2, 0.25) is 0 Å². The molecule has 4 nitrogen and oxygen atoms in total. The van der Waals surface area contributed by atoms with E-state index in [1.165, 1.54) is 0 Å². The minimum absolute atomic E-state index is 0.144. The largest absolute Gasteiger partial charge is 0.373 e. The number of fused-ring (bicyclic) bond motifs is 1. The molecule has 0 spiro atoms. The minimum Gasteiger partial charge on any atom is -0.373 e. The first-order chi connectivity index (χ1) is 8.57. The highest BCUT2D eigenvalue weighted by Crippen LogP contribution is 2.28. The van der Waals surface area contributed by atoms with E-state index < -0.39 is 0 Å². The number of nitrogens with zero attached hydrogens (tertiary/aromatic N) is 2. The van der Waals surface area contributed by atoms with Gasteiger partial charge in [-0.05, 0) is 38.0 Å². The quantitative estimate of drug-likeness (QED) is 0.860. The number of nitrogens with one attached hydrogen (secondary N) is 1. The molecule has 0 bridgehead atoms. The first kappa shape index (κ1) is 12.1. The van der Waals surface area contributed by atoms with E-state index in [1.807, 2.05) is 10.6 Å². The van der Waals surface area contributed by atoms with Gasteiger partial charge >= 0.3 is 0 Å². The van der Waals surface area contributed by atoms with Crippen molar-refractivity contribution in [1.82, 2.24) is 14.5 Å². The summed E-state index contributed by atoms with van der Waals surface area (Å²) in [6, 6.07) is 1.84. The summed E-state index contributed by atoms with van der Waals surface area (Å²) in [5.74, 6) is 0. The number of ether oxygens (including phenoxy) is 1. The van der Waals surface area contributed by atoms with E-state index in [0.29, 0.717) is 9.79 Å². The average molecular weight is 284 g/mol. The van der Waals surface area contributed by atoms with Crippen molar-refractivity contribution in [1.29, 1.82) is 0 Å². The smallest absolute Gasteiger partial charge is 0.179 e. The van der Waals surface area contributed by atoms with E-state index >= 15 is 0 Å². The monoisotopic (exact) mass is 283 g/mol. The molecule has 3 heterocycles. The van der Waals surface area contributed by atoms with Gasteiger partial charge in [0, 0.05) is 12.8 Å².